The van der Waals surface area contributed by atoms with E-state index in [4.69, 9.17) is 10.4 Å². The lowest BCUT2D eigenvalue weighted by molar-refractivity contribution is -0.137. The number of primary sulfonamides is 1. The standard InChI is InChI=1S/C20H16F4N6O2S/c21-17-11-27-19(29-14-4-1-5-16(10-14)33(26,31)32)30-18(17)28-15-8-12(3-2-6-25)7-13(9-15)20(22,23)24/h1,4-5,7-11H,2-3H2,(H2,26,31,32)(H2,27,28,29,30). The van der Waals surface area contributed by atoms with Gasteiger partial charge in [0.05, 0.1) is 22.7 Å². The predicted octanol–water partition coefficient (Wildman–Crippen LogP) is 4.23. The number of aryl methyl sites for hydroxylation is 1. The fourth-order valence-electron chi connectivity index (χ4n) is 2.80. The van der Waals surface area contributed by atoms with Gasteiger partial charge in [-0.05, 0) is 48.4 Å². The zero-order chi connectivity index (χ0) is 24.2. The first kappa shape index (κ1) is 23.9. The van der Waals surface area contributed by atoms with Crippen LogP contribution in [0.25, 0.3) is 0 Å². The van der Waals surface area contributed by atoms with Crippen LogP contribution < -0.4 is 15.8 Å². The van der Waals surface area contributed by atoms with E-state index in [1.165, 1.54) is 30.3 Å². The van der Waals surface area contributed by atoms with Gasteiger partial charge >= 0.3 is 6.18 Å². The first-order chi connectivity index (χ1) is 15.5. The van der Waals surface area contributed by atoms with Gasteiger partial charge in [-0.2, -0.15) is 23.4 Å². The summed E-state index contributed by atoms with van der Waals surface area (Å²) in [5.41, 5.74) is -0.580. The molecule has 0 spiro atoms. The highest BCUT2D eigenvalue weighted by Gasteiger charge is 2.31. The van der Waals surface area contributed by atoms with Crippen LogP contribution in [0.2, 0.25) is 0 Å². The van der Waals surface area contributed by atoms with Crippen LogP contribution >= 0.6 is 0 Å². The van der Waals surface area contributed by atoms with E-state index in [2.05, 4.69) is 20.6 Å². The molecule has 8 nitrogen and oxygen atoms in total. The van der Waals surface area contributed by atoms with Gasteiger partial charge in [-0.25, -0.2) is 22.9 Å². The second kappa shape index (κ2) is 9.39. The average Bonchev–Trinajstić information content (AvgIpc) is 2.73. The normalized spacial score (nSPS) is 11.6. The third-order valence-corrected chi connectivity index (χ3v) is 5.18. The molecule has 0 aliphatic heterocycles. The molecule has 13 heteroatoms. The van der Waals surface area contributed by atoms with E-state index in [0.29, 0.717) is 0 Å². The van der Waals surface area contributed by atoms with Crippen LogP contribution in [0.4, 0.5) is 40.7 Å². The molecule has 2 aromatic carbocycles. The van der Waals surface area contributed by atoms with Crippen LogP contribution in [-0.2, 0) is 22.6 Å². The number of hydrogen-bond donors (Lipinski definition) is 3. The second-order valence-corrected chi connectivity index (χ2v) is 8.35. The van der Waals surface area contributed by atoms with Gasteiger partial charge in [0.25, 0.3) is 0 Å². The van der Waals surface area contributed by atoms with Crippen molar-refractivity contribution in [2.45, 2.75) is 23.9 Å². The number of alkyl halides is 3. The Bertz CT molecular complexity index is 1320. The van der Waals surface area contributed by atoms with Crippen LogP contribution in [0.1, 0.15) is 17.5 Å². The van der Waals surface area contributed by atoms with Crippen molar-refractivity contribution in [2.75, 3.05) is 10.6 Å². The lowest BCUT2D eigenvalue weighted by Crippen LogP contribution is -2.12. The Labute approximate surface area is 186 Å². The number of rotatable bonds is 7. The van der Waals surface area contributed by atoms with Crippen molar-refractivity contribution >= 4 is 33.2 Å². The smallest absolute Gasteiger partial charge is 0.338 e. The largest absolute Gasteiger partial charge is 0.416 e. The van der Waals surface area contributed by atoms with Gasteiger partial charge in [-0.3, -0.25) is 0 Å². The summed E-state index contributed by atoms with van der Waals surface area (Å²) in [7, 11) is -3.97. The summed E-state index contributed by atoms with van der Waals surface area (Å²) in [6.45, 7) is 0. The molecule has 0 amide bonds. The van der Waals surface area contributed by atoms with Crippen molar-refractivity contribution < 1.29 is 26.0 Å². The van der Waals surface area contributed by atoms with Gasteiger partial charge in [-0.15, -0.1) is 0 Å². The van der Waals surface area contributed by atoms with Crippen molar-refractivity contribution in [1.29, 1.82) is 5.26 Å². The van der Waals surface area contributed by atoms with Crippen molar-refractivity contribution in [1.82, 2.24) is 9.97 Å². The Hall–Kier alpha value is -3.76. The molecule has 0 saturated heterocycles. The molecular formula is C20H16F4N6O2S. The van der Waals surface area contributed by atoms with E-state index in [9.17, 15) is 26.0 Å². The molecule has 1 heterocycles. The minimum atomic E-state index is -4.65. The van der Waals surface area contributed by atoms with Crippen LogP contribution in [0.5, 0.6) is 0 Å². The molecule has 0 saturated carbocycles. The number of hydrogen-bond acceptors (Lipinski definition) is 7. The van der Waals surface area contributed by atoms with Gasteiger partial charge in [0.1, 0.15) is 0 Å². The Morgan fingerprint density at radius 2 is 1.85 bits per heavy atom. The van der Waals surface area contributed by atoms with Crippen LogP contribution in [0.15, 0.2) is 53.6 Å². The Kier molecular flexibility index (Phi) is 6.80. The summed E-state index contributed by atoms with van der Waals surface area (Å²) in [5, 5.41) is 19.0. The maximum Gasteiger partial charge on any atom is 0.416 e. The van der Waals surface area contributed by atoms with E-state index in [1.54, 1.807) is 0 Å². The molecule has 33 heavy (non-hydrogen) atoms. The highest BCUT2D eigenvalue weighted by atomic mass is 32.2. The maximum absolute atomic E-state index is 14.3. The minimum Gasteiger partial charge on any atom is -0.338 e. The summed E-state index contributed by atoms with van der Waals surface area (Å²) < 4.78 is 77.0. The molecule has 3 aromatic rings. The molecule has 1 aromatic heterocycles. The second-order valence-electron chi connectivity index (χ2n) is 6.79. The number of halogens is 4. The van der Waals surface area contributed by atoms with Gasteiger partial charge < -0.3 is 10.6 Å². The number of benzene rings is 2. The van der Waals surface area contributed by atoms with Gasteiger partial charge in [0.2, 0.25) is 16.0 Å². The summed E-state index contributed by atoms with van der Waals surface area (Å²) in [6.07, 6.45) is -3.77. The van der Waals surface area contributed by atoms with Crippen molar-refractivity contribution in [2.24, 2.45) is 5.14 Å². The first-order valence-electron chi connectivity index (χ1n) is 9.23. The van der Waals surface area contributed by atoms with E-state index in [0.717, 1.165) is 18.3 Å². The number of aromatic nitrogens is 2. The predicted molar refractivity (Wildman–Crippen MR) is 112 cm³/mol. The molecule has 0 fully saturated rings. The van der Waals surface area contributed by atoms with E-state index < -0.39 is 33.4 Å². The molecule has 0 aliphatic rings. The number of nitrogens with zero attached hydrogens (tertiary/aromatic N) is 3. The molecule has 172 valence electrons. The summed E-state index contributed by atoms with van der Waals surface area (Å²) in [5.74, 6) is -1.50. The third kappa shape index (κ3) is 6.37. The van der Waals surface area contributed by atoms with Gasteiger partial charge in [0.15, 0.2) is 11.6 Å². The molecule has 0 unspecified atom stereocenters. The summed E-state index contributed by atoms with van der Waals surface area (Å²) in [6, 6.07) is 10.3. The zero-order valence-corrected chi connectivity index (χ0v) is 17.5. The highest BCUT2D eigenvalue weighted by molar-refractivity contribution is 7.89. The summed E-state index contributed by atoms with van der Waals surface area (Å²) in [4.78, 5) is 7.49. The summed E-state index contributed by atoms with van der Waals surface area (Å²) >= 11 is 0. The Morgan fingerprint density at radius 3 is 2.52 bits per heavy atom. The quantitative estimate of drug-likeness (QED) is 0.431. The maximum atomic E-state index is 14.3. The fraction of sp³-hybridized carbons (Fsp3) is 0.150. The van der Waals surface area contributed by atoms with Gasteiger partial charge in [-0.1, -0.05) is 6.07 Å². The average molecular weight is 480 g/mol. The zero-order valence-electron chi connectivity index (χ0n) is 16.7. The van der Waals surface area contributed by atoms with E-state index in [1.807, 2.05) is 6.07 Å². The third-order valence-electron chi connectivity index (χ3n) is 4.27. The number of nitrogens with one attached hydrogen (secondary N) is 2. The fourth-order valence-corrected chi connectivity index (χ4v) is 3.36. The Balaban J connectivity index is 1.91. The van der Waals surface area contributed by atoms with Crippen molar-refractivity contribution in [3.8, 4) is 6.07 Å². The van der Waals surface area contributed by atoms with Gasteiger partial charge in [0, 0.05) is 17.8 Å². The van der Waals surface area contributed by atoms with Crippen LogP contribution in [-0.4, -0.2) is 18.4 Å². The lowest BCUT2D eigenvalue weighted by Gasteiger charge is -2.14. The van der Waals surface area contributed by atoms with Crippen LogP contribution in [0, 0.1) is 17.1 Å². The van der Waals surface area contributed by atoms with Crippen molar-refractivity contribution in [3.63, 3.8) is 0 Å². The monoisotopic (exact) mass is 480 g/mol. The molecule has 0 bridgehead atoms. The topological polar surface area (TPSA) is 134 Å². The number of nitriles is 1. The molecule has 0 radical (unpaired) electrons. The number of sulfonamides is 1. The lowest BCUT2D eigenvalue weighted by atomic mass is 10.0. The molecule has 4 N–H and O–H groups in total. The number of anilines is 4. The minimum absolute atomic E-state index is 0.00820. The molecule has 3 rings (SSSR count). The molecular weight excluding hydrogens is 464 g/mol. The molecule has 0 atom stereocenters. The van der Waals surface area contributed by atoms with Crippen LogP contribution in [0.3, 0.4) is 0 Å². The Morgan fingerprint density at radius 1 is 1.09 bits per heavy atom. The van der Waals surface area contributed by atoms with Crippen molar-refractivity contribution in [3.05, 3.63) is 65.6 Å². The first-order valence-corrected chi connectivity index (χ1v) is 10.8. The van der Waals surface area contributed by atoms with E-state index >= 15 is 0 Å². The SMILES string of the molecule is N#CCCc1cc(Nc2nc(Nc3cccc(S(N)(=O)=O)c3)ncc2F)cc(C(F)(F)F)c1. The van der Waals surface area contributed by atoms with E-state index in [-0.39, 0.29) is 40.6 Å². The molecule has 0 aliphatic carbocycles. The highest BCUT2D eigenvalue weighted by Crippen LogP contribution is 2.33. The number of nitrogens with two attached hydrogens (primary N) is 1.